The Morgan fingerprint density at radius 3 is 2.57 bits per heavy atom. The number of sulfone groups is 1. The van der Waals surface area contributed by atoms with E-state index in [1.165, 1.54) is 63.7 Å². The van der Waals surface area contributed by atoms with Gasteiger partial charge >= 0.3 is 0 Å². The molecular formula is C24H16BrN3O4S3. The molecule has 0 aliphatic rings. The van der Waals surface area contributed by atoms with Gasteiger partial charge in [-0.1, -0.05) is 81.5 Å². The minimum absolute atomic E-state index is 0.0685. The molecule has 1 N–H and O–H groups in total. The SMILES string of the molecule is O=C(Nc1nnc(SCc2cccc3ccccc23)s1)c1ccc(S(=O)(=O)c2ccc(Br)cc2)o1. The van der Waals surface area contributed by atoms with Crippen molar-refractivity contribution in [3.63, 3.8) is 0 Å². The molecule has 0 radical (unpaired) electrons. The molecule has 3 aromatic carbocycles. The van der Waals surface area contributed by atoms with E-state index in [1.54, 1.807) is 12.1 Å². The van der Waals surface area contributed by atoms with Crippen LogP contribution in [0.15, 0.2) is 102 Å². The zero-order chi connectivity index (χ0) is 24.4. The van der Waals surface area contributed by atoms with E-state index < -0.39 is 15.7 Å². The lowest BCUT2D eigenvalue weighted by molar-refractivity contribution is 0.0991. The number of halogens is 1. The third-order valence-electron chi connectivity index (χ3n) is 5.05. The molecule has 35 heavy (non-hydrogen) atoms. The van der Waals surface area contributed by atoms with Gasteiger partial charge in [0.1, 0.15) is 0 Å². The molecule has 0 spiro atoms. The van der Waals surface area contributed by atoms with Crippen LogP contribution in [0.2, 0.25) is 0 Å². The van der Waals surface area contributed by atoms with E-state index in [9.17, 15) is 13.2 Å². The number of aromatic nitrogens is 2. The number of amides is 1. The van der Waals surface area contributed by atoms with Crippen molar-refractivity contribution in [3.05, 3.63) is 94.7 Å². The van der Waals surface area contributed by atoms with Gasteiger partial charge in [0.25, 0.3) is 5.91 Å². The van der Waals surface area contributed by atoms with Crippen LogP contribution in [0.4, 0.5) is 5.13 Å². The van der Waals surface area contributed by atoms with Crippen LogP contribution in [0.5, 0.6) is 0 Å². The van der Waals surface area contributed by atoms with Crippen molar-refractivity contribution in [1.82, 2.24) is 10.2 Å². The molecule has 0 unspecified atom stereocenters. The molecule has 0 saturated carbocycles. The maximum absolute atomic E-state index is 12.7. The van der Waals surface area contributed by atoms with Gasteiger partial charge in [-0.2, -0.15) is 0 Å². The summed E-state index contributed by atoms with van der Waals surface area (Å²) in [7, 11) is -3.88. The van der Waals surface area contributed by atoms with Crippen LogP contribution in [-0.2, 0) is 15.6 Å². The second kappa shape index (κ2) is 9.94. The first-order valence-corrected chi connectivity index (χ1v) is 14.3. The number of thioether (sulfide) groups is 1. The molecule has 5 rings (SSSR count). The molecule has 2 heterocycles. The summed E-state index contributed by atoms with van der Waals surface area (Å²) in [5, 5.41) is 13.1. The van der Waals surface area contributed by atoms with Gasteiger partial charge in [0.15, 0.2) is 10.1 Å². The Balaban J connectivity index is 1.25. The molecule has 176 valence electrons. The molecule has 0 aliphatic carbocycles. The third-order valence-corrected chi connectivity index (χ3v) is 9.24. The average Bonchev–Trinajstić information content (AvgIpc) is 3.53. The zero-order valence-corrected chi connectivity index (χ0v) is 21.9. The molecule has 0 bridgehead atoms. The maximum atomic E-state index is 12.7. The second-order valence-electron chi connectivity index (χ2n) is 7.33. The van der Waals surface area contributed by atoms with Crippen molar-refractivity contribution >= 4 is 70.7 Å². The maximum Gasteiger partial charge on any atom is 0.293 e. The van der Waals surface area contributed by atoms with Crippen molar-refractivity contribution in [3.8, 4) is 0 Å². The highest BCUT2D eigenvalue weighted by atomic mass is 79.9. The highest BCUT2D eigenvalue weighted by Crippen LogP contribution is 2.31. The van der Waals surface area contributed by atoms with E-state index in [2.05, 4.69) is 55.7 Å². The van der Waals surface area contributed by atoms with Gasteiger partial charge in [-0.05, 0) is 52.7 Å². The Hall–Kier alpha value is -2.99. The number of carbonyl (C=O) groups excluding carboxylic acids is 1. The quantitative estimate of drug-likeness (QED) is 0.173. The normalized spacial score (nSPS) is 11.6. The molecule has 0 atom stereocenters. The Kier molecular flexibility index (Phi) is 6.74. The topological polar surface area (TPSA) is 102 Å². The first kappa shape index (κ1) is 23.7. The van der Waals surface area contributed by atoms with Crippen molar-refractivity contribution in [2.75, 3.05) is 5.32 Å². The number of nitrogens with one attached hydrogen (secondary N) is 1. The van der Waals surface area contributed by atoms with E-state index in [4.69, 9.17) is 4.42 Å². The zero-order valence-electron chi connectivity index (χ0n) is 17.8. The van der Waals surface area contributed by atoms with Crippen LogP contribution in [0.25, 0.3) is 10.8 Å². The molecule has 2 aromatic heterocycles. The fourth-order valence-electron chi connectivity index (χ4n) is 3.35. The number of carbonyl (C=O) groups is 1. The average molecular weight is 587 g/mol. The molecular weight excluding hydrogens is 570 g/mol. The molecule has 0 fully saturated rings. The molecule has 0 saturated heterocycles. The molecule has 5 aromatic rings. The molecule has 0 aliphatic heterocycles. The van der Waals surface area contributed by atoms with Crippen molar-refractivity contribution in [1.29, 1.82) is 0 Å². The fourth-order valence-corrected chi connectivity index (χ4v) is 6.54. The van der Waals surface area contributed by atoms with Crippen LogP contribution in [0.1, 0.15) is 16.1 Å². The van der Waals surface area contributed by atoms with Gasteiger partial charge in [0.2, 0.25) is 20.1 Å². The van der Waals surface area contributed by atoms with E-state index in [0.29, 0.717) is 15.2 Å². The summed E-state index contributed by atoms with van der Waals surface area (Å²) in [5.41, 5.74) is 1.18. The monoisotopic (exact) mass is 585 g/mol. The molecule has 7 nitrogen and oxygen atoms in total. The summed E-state index contributed by atoms with van der Waals surface area (Å²) >= 11 is 6.03. The lowest BCUT2D eigenvalue weighted by atomic mass is 10.1. The standard InChI is InChI=1S/C24H16BrN3O4S3/c25-17-8-10-18(11-9-17)35(30,31)21-13-12-20(32-21)22(29)26-23-27-28-24(34-23)33-14-16-6-3-5-15-4-1-2-7-19(15)16/h1-13H,14H2,(H,26,27,29). The smallest absolute Gasteiger partial charge is 0.293 e. The van der Waals surface area contributed by atoms with Gasteiger partial charge in [0.05, 0.1) is 4.90 Å². The van der Waals surface area contributed by atoms with E-state index >= 15 is 0 Å². The predicted molar refractivity (Wildman–Crippen MR) is 140 cm³/mol. The fraction of sp³-hybridized carbons (Fsp3) is 0.0417. The van der Waals surface area contributed by atoms with Crippen molar-refractivity contribution in [2.24, 2.45) is 0 Å². The highest BCUT2D eigenvalue weighted by molar-refractivity contribution is 9.10. The summed E-state index contributed by atoms with van der Waals surface area (Å²) in [5.74, 6) is -0.0378. The third kappa shape index (κ3) is 5.18. The number of benzene rings is 3. The van der Waals surface area contributed by atoms with Gasteiger partial charge in [0, 0.05) is 10.2 Å². The molecule has 1 amide bonds. The molecule has 11 heteroatoms. The summed E-state index contributed by atoms with van der Waals surface area (Å²) in [6.07, 6.45) is 0. The van der Waals surface area contributed by atoms with Crippen LogP contribution in [0, 0.1) is 0 Å². The predicted octanol–water partition coefficient (Wildman–Crippen LogP) is 6.42. The largest absolute Gasteiger partial charge is 0.439 e. The van der Waals surface area contributed by atoms with Crippen LogP contribution < -0.4 is 5.32 Å². The number of fused-ring (bicyclic) bond motifs is 1. The number of hydrogen-bond donors (Lipinski definition) is 1. The van der Waals surface area contributed by atoms with Gasteiger partial charge < -0.3 is 4.42 Å². The van der Waals surface area contributed by atoms with E-state index in [1.807, 2.05) is 18.2 Å². The lowest BCUT2D eigenvalue weighted by Gasteiger charge is -2.04. The summed E-state index contributed by atoms with van der Waals surface area (Å²) in [4.78, 5) is 12.7. The number of nitrogens with zero attached hydrogens (tertiary/aromatic N) is 2. The van der Waals surface area contributed by atoms with Gasteiger partial charge in [-0.3, -0.25) is 10.1 Å². The Morgan fingerprint density at radius 1 is 0.971 bits per heavy atom. The number of hydrogen-bond acceptors (Lipinski definition) is 8. The first-order chi connectivity index (χ1) is 16.9. The van der Waals surface area contributed by atoms with Gasteiger partial charge in [-0.25, -0.2) is 8.42 Å². The lowest BCUT2D eigenvalue weighted by Crippen LogP contribution is -2.10. The Morgan fingerprint density at radius 2 is 1.74 bits per heavy atom. The van der Waals surface area contributed by atoms with Gasteiger partial charge in [-0.15, -0.1) is 10.2 Å². The number of rotatable bonds is 7. The van der Waals surface area contributed by atoms with E-state index in [-0.39, 0.29) is 15.7 Å². The Bertz CT molecular complexity index is 1620. The second-order valence-corrected chi connectivity index (χ2v) is 12.3. The first-order valence-electron chi connectivity index (χ1n) is 10.2. The van der Waals surface area contributed by atoms with Crippen LogP contribution >= 0.6 is 39.0 Å². The number of anilines is 1. The number of furan rings is 1. The highest BCUT2D eigenvalue weighted by Gasteiger charge is 2.24. The summed E-state index contributed by atoms with van der Waals surface area (Å²) in [6, 6.07) is 23.1. The van der Waals surface area contributed by atoms with Crippen LogP contribution in [-0.4, -0.2) is 24.5 Å². The van der Waals surface area contributed by atoms with Crippen LogP contribution in [0.3, 0.4) is 0 Å². The van der Waals surface area contributed by atoms with E-state index in [0.717, 1.165) is 4.47 Å². The van der Waals surface area contributed by atoms with Crippen molar-refractivity contribution in [2.45, 2.75) is 20.1 Å². The Labute approximate surface area is 217 Å². The minimum atomic E-state index is -3.88. The summed E-state index contributed by atoms with van der Waals surface area (Å²) < 4.78 is 32.3. The summed E-state index contributed by atoms with van der Waals surface area (Å²) in [6.45, 7) is 0. The van der Waals surface area contributed by atoms with Crippen molar-refractivity contribution < 1.29 is 17.6 Å². The minimum Gasteiger partial charge on any atom is -0.439 e.